The zero-order valence-corrected chi connectivity index (χ0v) is 13.9. The molecule has 1 heterocycles. The van der Waals surface area contributed by atoms with Gasteiger partial charge in [-0.1, -0.05) is 6.92 Å². The van der Waals surface area contributed by atoms with Crippen molar-refractivity contribution in [1.82, 2.24) is 25.1 Å². The molecule has 2 rings (SSSR count). The Kier molecular flexibility index (Phi) is 6.08. The van der Waals surface area contributed by atoms with Crippen LogP contribution in [0.5, 0.6) is 5.75 Å². The monoisotopic (exact) mass is 317 g/mol. The van der Waals surface area contributed by atoms with Gasteiger partial charge in [-0.3, -0.25) is 4.79 Å². The van der Waals surface area contributed by atoms with Gasteiger partial charge in [-0.2, -0.15) is 4.80 Å². The molecule has 0 atom stereocenters. The molecule has 0 aliphatic heterocycles. The first-order valence-corrected chi connectivity index (χ1v) is 7.96. The number of amides is 1. The summed E-state index contributed by atoms with van der Waals surface area (Å²) in [5.41, 5.74) is 0.843. The smallest absolute Gasteiger partial charge is 0.246 e. The molecule has 0 unspecified atom stereocenters. The minimum atomic E-state index is -0.0118. The van der Waals surface area contributed by atoms with Gasteiger partial charge in [0.2, 0.25) is 11.7 Å². The summed E-state index contributed by atoms with van der Waals surface area (Å²) in [6.45, 7) is 8.11. The number of hydrogen-bond acceptors (Lipinski definition) is 5. The van der Waals surface area contributed by atoms with Crippen LogP contribution in [-0.2, 0) is 11.3 Å². The van der Waals surface area contributed by atoms with Crippen LogP contribution in [-0.4, -0.2) is 50.7 Å². The number of likely N-dealkylation sites (N-methyl/N-ethyl adjacent to an activating group) is 1. The number of rotatable bonds is 8. The molecule has 1 amide bonds. The average molecular weight is 317 g/mol. The Bertz CT molecular complexity index is 620. The number of carbonyl (C=O) groups excluding carboxylic acids is 1. The summed E-state index contributed by atoms with van der Waals surface area (Å²) in [7, 11) is 0. The number of hydrogen-bond donors (Lipinski definition) is 0. The van der Waals surface area contributed by atoms with Crippen molar-refractivity contribution in [3.05, 3.63) is 24.3 Å². The standard InChI is InChI=1S/C16H23N5O2/c1-4-11-23-14-9-7-13(8-10-14)16-17-19-21(18-16)12-15(22)20(5-2)6-3/h7-10H,4-6,11-12H2,1-3H3. The molecular formula is C16H23N5O2. The molecule has 0 aliphatic rings. The van der Waals surface area contributed by atoms with Gasteiger partial charge in [-0.25, -0.2) is 0 Å². The van der Waals surface area contributed by atoms with Crippen molar-refractivity contribution in [3.8, 4) is 17.1 Å². The molecule has 7 heteroatoms. The van der Waals surface area contributed by atoms with Crippen LogP contribution in [0, 0.1) is 0 Å². The molecule has 7 nitrogen and oxygen atoms in total. The summed E-state index contributed by atoms with van der Waals surface area (Å²) in [6, 6.07) is 7.54. The summed E-state index contributed by atoms with van der Waals surface area (Å²) in [5.74, 6) is 1.31. The first-order chi connectivity index (χ1) is 11.2. The molecule has 0 saturated carbocycles. The Morgan fingerprint density at radius 2 is 1.87 bits per heavy atom. The highest BCUT2D eigenvalue weighted by Gasteiger charge is 2.13. The number of tetrazole rings is 1. The molecule has 1 aromatic carbocycles. The van der Waals surface area contributed by atoms with Crippen molar-refractivity contribution in [1.29, 1.82) is 0 Å². The van der Waals surface area contributed by atoms with Crippen molar-refractivity contribution in [2.75, 3.05) is 19.7 Å². The summed E-state index contributed by atoms with van der Waals surface area (Å²) in [6.07, 6.45) is 0.970. The summed E-state index contributed by atoms with van der Waals surface area (Å²) < 4.78 is 5.54. The molecule has 0 fully saturated rings. The van der Waals surface area contributed by atoms with E-state index in [1.807, 2.05) is 38.1 Å². The van der Waals surface area contributed by atoms with Crippen LogP contribution in [0.25, 0.3) is 11.4 Å². The summed E-state index contributed by atoms with van der Waals surface area (Å²) in [4.78, 5) is 15.1. The third kappa shape index (κ3) is 4.51. The molecule has 23 heavy (non-hydrogen) atoms. The van der Waals surface area contributed by atoms with Gasteiger partial charge in [-0.15, -0.1) is 10.2 Å². The number of aromatic nitrogens is 4. The predicted molar refractivity (Wildman–Crippen MR) is 87.0 cm³/mol. The first-order valence-electron chi connectivity index (χ1n) is 7.96. The first kappa shape index (κ1) is 16.9. The van der Waals surface area contributed by atoms with Gasteiger partial charge in [0.15, 0.2) is 0 Å². The van der Waals surface area contributed by atoms with E-state index in [1.54, 1.807) is 4.90 Å². The Balaban J connectivity index is 2.02. The highest BCUT2D eigenvalue weighted by molar-refractivity contribution is 5.75. The van der Waals surface area contributed by atoms with Gasteiger partial charge in [0, 0.05) is 18.7 Å². The van der Waals surface area contributed by atoms with Gasteiger partial charge in [-0.05, 0) is 49.7 Å². The largest absolute Gasteiger partial charge is 0.494 e. The normalized spacial score (nSPS) is 10.6. The van der Waals surface area contributed by atoms with Crippen LogP contribution in [0.3, 0.4) is 0 Å². The fourth-order valence-electron chi connectivity index (χ4n) is 2.14. The molecule has 0 saturated heterocycles. The number of carbonyl (C=O) groups is 1. The zero-order chi connectivity index (χ0) is 16.7. The van der Waals surface area contributed by atoms with E-state index in [9.17, 15) is 4.79 Å². The maximum atomic E-state index is 12.0. The quantitative estimate of drug-likeness (QED) is 0.744. The molecule has 124 valence electrons. The lowest BCUT2D eigenvalue weighted by Crippen LogP contribution is -2.34. The highest BCUT2D eigenvalue weighted by Crippen LogP contribution is 2.18. The summed E-state index contributed by atoms with van der Waals surface area (Å²) in [5, 5.41) is 12.2. The molecule has 2 aromatic rings. The van der Waals surface area contributed by atoms with Crippen LogP contribution in [0.2, 0.25) is 0 Å². The average Bonchev–Trinajstić information content (AvgIpc) is 3.03. The Labute approximate surface area is 136 Å². The summed E-state index contributed by atoms with van der Waals surface area (Å²) >= 11 is 0. The topological polar surface area (TPSA) is 73.1 Å². The molecule has 0 spiro atoms. The number of ether oxygens (including phenoxy) is 1. The zero-order valence-electron chi connectivity index (χ0n) is 13.9. The van der Waals surface area contributed by atoms with Crippen LogP contribution in [0.4, 0.5) is 0 Å². The van der Waals surface area contributed by atoms with Crippen molar-refractivity contribution in [3.63, 3.8) is 0 Å². The van der Waals surface area contributed by atoms with Gasteiger partial charge >= 0.3 is 0 Å². The van der Waals surface area contributed by atoms with Crippen molar-refractivity contribution in [2.45, 2.75) is 33.7 Å². The van der Waals surface area contributed by atoms with Gasteiger partial charge in [0.25, 0.3) is 0 Å². The van der Waals surface area contributed by atoms with E-state index in [2.05, 4.69) is 22.3 Å². The third-order valence-corrected chi connectivity index (χ3v) is 3.43. The van der Waals surface area contributed by atoms with Crippen LogP contribution in [0.1, 0.15) is 27.2 Å². The van der Waals surface area contributed by atoms with Gasteiger partial charge in [0.1, 0.15) is 12.3 Å². The Morgan fingerprint density at radius 3 is 2.48 bits per heavy atom. The maximum absolute atomic E-state index is 12.0. The fraction of sp³-hybridized carbons (Fsp3) is 0.500. The van der Waals surface area contributed by atoms with Crippen molar-refractivity contribution in [2.24, 2.45) is 0 Å². The lowest BCUT2D eigenvalue weighted by atomic mass is 10.2. The Hall–Kier alpha value is -2.44. The van der Waals surface area contributed by atoms with Crippen molar-refractivity contribution < 1.29 is 9.53 Å². The molecule has 1 aromatic heterocycles. The maximum Gasteiger partial charge on any atom is 0.246 e. The van der Waals surface area contributed by atoms with Crippen molar-refractivity contribution >= 4 is 5.91 Å². The molecular weight excluding hydrogens is 294 g/mol. The van der Waals surface area contributed by atoms with E-state index in [4.69, 9.17) is 4.74 Å². The lowest BCUT2D eigenvalue weighted by molar-refractivity contribution is -0.131. The predicted octanol–water partition coefficient (Wildman–Crippen LogP) is 2.00. The van der Waals surface area contributed by atoms with Crippen LogP contribution in [0.15, 0.2) is 24.3 Å². The SMILES string of the molecule is CCCOc1ccc(-c2nnn(CC(=O)N(CC)CC)n2)cc1. The second-order valence-corrected chi connectivity index (χ2v) is 5.08. The third-order valence-electron chi connectivity index (χ3n) is 3.43. The second kappa shape index (κ2) is 8.26. The van der Waals surface area contributed by atoms with E-state index >= 15 is 0 Å². The van der Waals surface area contributed by atoms with Crippen LogP contribution >= 0.6 is 0 Å². The van der Waals surface area contributed by atoms with E-state index in [0.717, 1.165) is 17.7 Å². The number of nitrogens with zero attached hydrogens (tertiary/aromatic N) is 5. The number of benzene rings is 1. The Morgan fingerprint density at radius 1 is 1.17 bits per heavy atom. The van der Waals surface area contributed by atoms with Gasteiger partial charge < -0.3 is 9.64 Å². The van der Waals surface area contributed by atoms with E-state index in [0.29, 0.717) is 25.5 Å². The highest BCUT2D eigenvalue weighted by atomic mass is 16.5. The molecule has 0 N–H and O–H groups in total. The fourth-order valence-corrected chi connectivity index (χ4v) is 2.14. The van der Waals surface area contributed by atoms with Crippen LogP contribution < -0.4 is 4.74 Å². The second-order valence-electron chi connectivity index (χ2n) is 5.08. The minimum Gasteiger partial charge on any atom is -0.494 e. The van der Waals surface area contributed by atoms with Gasteiger partial charge in [0.05, 0.1) is 6.61 Å². The molecule has 0 radical (unpaired) electrons. The van der Waals surface area contributed by atoms with E-state index < -0.39 is 0 Å². The van der Waals surface area contributed by atoms with E-state index in [1.165, 1.54) is 4.80 Å². The van der Waals surface area contributed by atoms with E-state index in [-0.39, 0.29) is 12.5 Å². The lowest BCUT2D eigenvalue weighted by Gasteiger charge is -2.17. The molecule has 0 aliphatic carbocycles. The minimum absolute atomic E-state index is 0.0118. The molecule has 0 bridgehead atoms.